The minimum absolute atomic E-state index is 0.104. The van der Waals surface area contributed by atoms with Crippen molar-refractivity contribution in [2.24, 2.45) is 0 Å². The van der Waals surface area contributed by atoms with Crippen molar-refractivity contribution in [1.29, 1.82) is 0 Å². The average molecular weight is 256 g/mol. The van der Waals surface area contributed by atoms with Crippen LogP contribution in [0.5, 0.6) is 0 Å². The van der Waals surface area contributed by atoms with Crippen LogP contribution in [-0.2, 0) is 4.79 Å². The number of hydrogen-bond donors (Lipinski definition) is 1. The summed E-state index contributed by atoms with van der Waals surface area (Å²) < 4.78 is 0. The minimum Gasteiger partial charge on any atom is -0.355 e. The van der Waals surface area contributed by atoms with Crippen LogP contribution in [0.3, 0.4) is 0 Å². The molecule has 1 fully saturated rings. The van der Waals surface area contributed by atoms with Crippen LogP contribution in [0, 0.1) is 0 Å². The second kappa shape index (κ2) is 4.87. The summed E-state index contributed by atoms with van der Waals surface area (Å²) in [4.78, 5) is 30.9. The van der Waals surface area contributed by atoms with Gasteiger partial charge in [0.25, 0.3) is 5.56 Å². The van der Waals surface area contributed by atoms with Crippen LogP contribution in [0.4, 0.5) is 5.82 Å². The zero-order valence-electron chi connectivity index (χ0n) is 9.57. The Morgan fingerprint density at radius 3 is 2.71 bits per heavy atom. The molecule has 1 aliphatic carbocycles. The van der Waals surface area contributed by atoms with E-state index in [2.05, 4.69) is 9.97 Å². The molecule has 0 amide bonds. The molecule has 0 bridgehead atoms. The predicted octanol–water partition coefficient (Wildman–Crippen LogP) is 1.37. The lowest BCUT2D eigenvalue weighted by Gasteiger charge is -2.31. The van der Waals surface area contributed by atoms with Gasteiger partial charge in [-0.2, -0.15) is 0 Å². The normalized spacial score (nSPS) is 17.2. The van der Waals surface area contributed by atoms with E-state index < -0.39 is 0 Å². The number of nitrogens with one attached hydrogen (secondary N) is 1. The number of hydrogen-bond acceptors (Lipinski definition) is 4. The first-order chi connectivity index (χ1) is 8.09. The van der Waals surface area contributed by atoms with Crippen molar-refractivity contribution >= 4 is 23.2 Å². The van der Waals surface area contributed by atoms with Gasteiger partial charge in [-0.1, -0.05) is 11.6 Å². The fourth-order valence-corrected chi connectivity index (χ4v) is 2.34. The molecule has 5 nitrogen and oxygen atoms in total. The topological polar surface area (TPSA) is 66.1 Å². The van der Waals surface area contributed by atoms with Gasteiger partial charge in [0.2, 0.25) is 0 Å². The van der Waals surface area contributed by atoms with Crippen molar-refractivity contribution in [1.82, 2.24) is 9.97 Å². The van der Waals surface area contributed by atoms with Crippen LogP contribution in [0.1, 0.15) is 25.7 Å². The highest BCUT2D eigenvalue weighted by Crippen LogP contribution is 2.26. The van der Waals surface area contributed by atoms with Crippen LogP contribution in [0.15, 0.2) is 11.1 Å². The van der Waals surface area contributed by atoms with Crippen molar-refractivity contribution in [3.8, 4) is 0 Å². The number of anilines is 1. The fraction of sp³-hybridized carbons (Fsp3) is 0.545. The van der Waals surface area contributed by atoms with Gasteiger partial charge in [0.1, 0.15) is 10.8 Å². The molecule has 1 aliphatic rings. The molecule has 2 rings (SSSR count). The molecular weight excluding hydrogens is 242 g/mol. The Morgan fingerprint density at radius 1 is 1.41 bits per heavy atom. The smallest absolute Gasteiger partial charge is 0.271 e. The van der Waals surface area contributed by atoms with Gasteiger partial charge < -0.3 is 9.88 Å². The summed E-state index contributed by atoms with van der Waals surface area (Å²) in [5.41, 5.74) is -0.338. The molecule has 0 aromatic carbocycles. The number of carbonyl (C=O) groups excluding carboxylic acids is 1. The number of ketones is 1. The van der Waals surface area contributed by atoms with Crippen LogP contribution < -0.4 is 10.5 Å². The number of nitrogens with zero attached hydrogens (tertiary/aromatic N) is 2. The monoisotopic (exact) mass is 255 g/mol. The third-order valence-corrected chi connectivity index (χ3v) is 3.51. The summed E-state index contributed by atoms with van der Waals surface area (Å²) in [5.74, 6) is 0.786. The number of aromatic nitrogens is 2. The Hall–Kier alpha value is -1.36. The van der Waals surface area contributed by atoms with E-state index in [0.29, 0.717) is 24.4 Å². The molecule has 1 aromatic rings. The van der Waals surface area contributed by atoms with Crippen molar-refractivity contribution < 1.29 is 4.79 Å². The van der Waals surface area contributed by atoms with Crippen LogP contribution >= 0.6 is 11.6 Å². The Labute approximate surface area is 104 Å². The quantitative estimate of drug-likeness (QED) is 0.867. The molecule has 0 unspecified atom stereocenters. The summed E-state index contributed by atoms with van der Waals surface area (Å²) >= 11 is 5.92. The van der Waals surface area contributed by atoms with Crippen molar-refractivity contribution in [3.05, 3.63) is 21.7 Å². The second-order valence-electron chi connectivity index (χ2n) is 4.25. The van der Waals surface area contributed by atoms with Gasteiger partial charge in [-0.3, -0.25) is 9.59 Å². The van der Waals surface area contributed by atoms with Gasteiger partial charge in [-0.15, -0.1) is 0 Å². The summed E-state index contributed by atoms with van der Waals surface area (Å²) in [5, 5.41) is 0.104. The molecule has 0 spiro atoms. The summed E-state index contributed by atoms with van der Waals surface area (Å²) in [6.45, 7) is 0. The van der Waals surface area contributed by atoms with Gasteiger partial charge in [0.05, 0.1) is 6.33 Å². The van der Waals surface area contributed by atoms with Gasteiger partial charge in [-0.25, -0.2) is 4.98 Å². The Kier molecular flexibility index (Phi) is 3.47. The zero-order chi connectivity index (χ0) is 12.4. The summed E-state index contributed by atoms with van der Waals surface area (Å²) in [6, 6.07) is 0.222. The molecule has 1 N–H and O–H groups in total. The summed E-state index contributed by atoms with van der Waals surface area (Å²) in [6.07, 6.45) is 4.11. The van der Waals surface area contributed by atoms with Crippen molar-refractivity contribution in [2.45, 2.75) is 31.7 Å². The highest BCUT2D eigenvalue weighted by atomic mass is 35.5. The number of Topliss-reactive ketones (excluding diaryl/α,β-unsaturated/α-hetero) is 1. The van der Waals surface area contributed by atoms with E-state index in [1.54, 1.807) is 0 Å². The predicted molar refractivity (Wildman–Crippen MR) is 65.5 cm³/mol. The number of rotatable bonds is 2. The van der Waals surface area contributed by atoms with E-state index in [-0.39, 0.29) is 16.6 Å². The van der Waals surface area contributed by atoms with E-state index in [1.165, 1.54) is 6.33 Å². The minimum atomic E-state index is -0.338. The molecule has 17 heavy (non-hydrogen) atoms. The third-order valence-electron chi connectivity index (χ3n) is 3.17. The first kappa shape index (κ1) is 12.1. The number of halogens is 1. The molecule has 0 atom stereocenters. The SMILES string of the molecule is CN(c1nc[nH]c(=O)c1Cl)C1CCC(=O)CC1. The maximum absolute atomic E-state index is 11.4. The molecule has 1 saturated carbocycles. The van der Waals surface area contributed by atoms with Gasteiger partial charge in [-0.05, 0) is 12.8 Å². The van der Waals surface area contributed by atoms with Crippen LogP contribution in [0.2, 0.25) is 5.02 Å². The molecule has 92 valence electrons. The number of carbonyl (C=O) groups is 1. The van der Waals surface area contributed by atoms with Crippen LogP contribution in [0.25, 0.3) is 0 Å². The maximum Gasteiger partial charge on any atom is 0.271 e. The van der Waals surface area contributed by atoms with Crippen molar-refractivity contribution in [3.63, 3.8) is 0 Å². The lowest BCUT2D eigenvalue weighted by Crippen LogP contribution is -2.36. The average Bonchev–Trinajstić information content (AvgIpc) is 2.33. The zero-order valence-corrected chi connectivity index (χ0v) is 10.3. The second-order valence-corrected chi connectivity index (χ2v) is 4.63. The molecule has 1 heterocycles. The van der Waals surface area contributed by atoms with E-state index in [9.17, 15) is 9.59 Å². The Bertz CT molecular complexity index is 476. The maximum atomic E-state index is 11.4. The Balaban J connectivity index is 2.19. The lowest BCUT2D eigenvalue weighted by molar-refractivity contribution is -0.120. The van der Waals surface area contributed by atoms with Gasteiger partial charge in [0.15, 0.2) is 5.82 Å². The van der Waals surface area contributed by atoms with E-state index >= 15 is 0 Å². The first-order valence-electron chi connectivity index (χ1n) is 5.57. The molecule has 1 aromatic heterocycles. The molecular formula is C11H14ClN3O2. The van der Waals surface area contributed by atoms with E-state index in [4.69, 9.17) is 11.6 Å². The fourth-order valence-electron chi connectivity index (χ4n) is 2.10. The molecule has 6 heteroatoms. The van der Waals surface area contributed by atoms with E-state index in [1.807, 2.05) is 11.9 Å². The first-order valence-corrected chi connectivity index (χ1v) is 5.95. The number of H-pyrrole nitrogens is 1. The van der Waals surface area contributed by atoms with Crippen molar-refractivity contribution in [2.75, 3.05) is 11.9 Å². The molecule has 0 radical (unpaired) electrons. The Morgan fingerprint density at radius 2 is 2.06 bits per heavy atom. The molecule has 0 aliphatic heterocycles. The van der Waals surface area contributed by atoms with Gasteiger partial charge >= 0.3 is 0 Å². The highest BCUT2D eigenvalue weighted by molar-refractivity contribution is 6.32. The van der Waals surface area contributed by atoms with Crippen LogP contribution in [-0.4, -0.2) is 28.8 Å². The summed E-state index contributed by atoms with van der Waals surface area (Å²) in [7, 11) is 1.86. The van der Waals surface area contributed by atoms with Gasteiger partial charge in [0, 0.05) is 25.9 Å². The van der Waals surface area contributed by atoms with E-state index in [0.717, 1.165) is 12.8 Å². The highest BCUT2D eigenvalue weighted by Gasteiger charge is 2.24. The largest absolute Gasteiger partial charge is 0.355 e. The molecule has 0 saturated heterocycles. The third kappa shape index (κ3) is 2.49. The lowest BCUT2D eigenvalue weighted by atomic mass is 9.93. The standard InChI is InChI=1S/C11H14ClN3O2/c1-15(7-2-4-8(16)5-3-7)10-9(12)11(17)14-6-13-10/h6-7H,2-5H2,1H3,(H,13,14,17). The number of aromatic amines is 1.